The van der Waals surface area contributed by atoms with Gasteiger partial charge in [0.15, 0.2) is 0 Å². The van der Waals surface area contributed by atoms with Crippen molar-refractivity contribution in [3.63, 3.8) is 0 Å². The zero-order valence-electron chi connectivity index (χ0n) is 16.1. The molecule has 1 unspecified atom stereocenters. The van der Waals surface area contributed by atoms with Crippen molar-refractivity contribution in [1.82, 2.24) is 10.2 Å². The van der Waals surface area contributed by atoms with Gasteiger partial charge < -0.3 is 29.9 Å². The van der Waals surface area contributed by atoms with E-state index in [1.807, 2.05) is 6.92 Å². The molecule has 3 rings (SSSR count). The van der Waals surface area contributed by atoms with Crippen molar-refractivity contribution in [2.75, 3.05) is 6.61 Å². The summed E-state index contributed by atoms with van der Waals surface area (Å²) in [5, 5.41) is 46.3. The van der Waals surface area contributed by atoms with Gasteiger partial charge in [-0.25, -0.2) is 0 Å². The minimum atomic E-state index is -1.49. The van der Waals surface area contributed by atoms with E-state index >= 15 is 0 Å². The van der Waals surface area contributed by atoms with Gasteiger partial charge in [0.2, 0.25) is 12.2 Å². The lowest BCUT2D eigenvalue weighted by Crippen LogP contribution is -2.60. The summed E-state index contributed by atoms with van der Waals surface area (Å²) < 4.78 is 11.1. The number of nitrogens with zero attached hydrogens (tertiary/aromatic N) is 1. The lowest BCUT2D eigenvalue weighted by molar-refractivity contribution is -0.278. The van der Waals surface area contributed by atoms with Gasteiger partial charge in [-0.1, -0.05) is 37.6 Å². The number of nitrogens with one attached hydrogen (secondary N) is 1. The van der Waals surface area contributed by atoms with E-state index in [1.54, 1.807) is 0 Å². The molecule has 8 heteroatoms. The summed E-state index contributed by atoms with van der Waals surface area (Å²) in [6, 6.07) is 8.34. The number of benzene rings is 1. The first-order valence-electron chi connectivity index (χ1n) is 9.53. The Morgan fingerprint density at radius 1 is 1.07 bits per heavy atom. The third-order valence-corrected chi connectivity index (χ3v) is 5.05. The van der Waals surface area contributed by atoms with Gasteiger partial charge in [0.1, 0.15) is 24.4 Å². The SMILES string of the molecule is CCCc1ccc(Cc2c(OC3O[C@H](CO)[C@@H](O)[C@H](O)[C@H]3O)n[nH]c2C)cc1. The molecule has 1 fully saturated rings. The molecule has 0 spiro atoms. The molecular formula is C20H28N2O6. The number of aliphatic hydroxyl groups excluding tert-OH is 4. The number of hydrogen-bond donors (Lipinski definition) is 5. The van der Waals surface area contributed by atoms with E-state index in [0.29, 0.717) is 6.42 Å². The summed E-state index contributed by atoms with van der Waals surface area (Å²) in [6.07, 6.45) is -3.99. The van der Waals surface area contributed by atoms with Crippen molar-refractivity contribution >= 4 is 0 Å². The summed E-state index contributed by atoms with van der Waals surface area (Å²) in [6.45, 7) is 3.50. The molecule has 28 heavy (non-hydrogen) atoms. The minimum absolute atomic E-state index is 0.250. The number of rotatable bonds is 7. The van der Waals surface area contributed by atoms with Gasteiger partial charge in [0, 0.05) is 17.7 Å². The maximum absolute atomic E-state index is 10.2. The van der Waals surface area contributed by atoms with E-state index in [9.17, 15) is 20.4 Å². The zero-order chi connectivity index (χ0) is 20.3. The van der Waals surface area contributed by atoms with Gasteiger partial charge in [-0.2, -0.15) is 0 Å². The summed E-state index contributed by atoms with van der Waals surface area (Å²) in [5.41, 5.74) is 3.99. The van der Waals surface area contributed by atoms with E-state index < -0.39 is 37.3 Å². The summed E-state index contributed by atoms with van der Waals surface area (Å²) in [7, 11) is 0. The van der Waals surface area contributed by atoms with Crippen LogP contribution in [-0.2, 0) is 17.6 Å². The van der Waals surface area contributed by atoms with Gasteiger partial charge in [0.05, 0.1) is 6.61 Å². The van der Waals surface area contributed by atoms with Crippen molar-refractivity contribution in [3.8, 4) is 5.88 Å². The average Bonchev–Trinajstić information content (AvgIpc) is 3.03. The summed E-state index contributed by atoms with van der Waals surface area (Å²) >= 11 is 0. The topological polar surface area (TPSA) is 128 Å². The lowest BCUT2D eigenvalue weighted by atomic mass is 9.99. The number of ether oxygens (including phenoxy) is 2. The van der Waals surface area contributed by atoms with Crippen molar-refractivity contribution in [2.24, 2.45) is 0 Å². The third-order valence-electron chi connectivity index (χ3n) is 5.05. The van der Waals surface area contributed by atoms with Crippen molar-refractivity contribution in [3.05, 3.63) is 46.6 Å². The molecule has 2 heterocycles. The Kier molecular flexibility index (Phi) is 6.69. The van der Waals surface area contributed by atoms with Crippen LogP contribution >= 0.6 is 0 Å². The molecule has 0 radical (unpaired) electrons. The molecule has 1 aromatic heterocycles. The zero-order valence-corrected chi connectivity index (χ0v) is 16.1. The highest BCUT2D eigenvalue weighted by Crippen LogP contribution is 2.28. The van der Waals surface area contributed by atoms with Crippen molar-refractivity contribution in [1.29, 1.82) is 0 Å². The molecule has 1 saturated heterocycles. The number of H-pyrrole nitrogens is 1. The first-order valence-corrected chi connectivity index (χ1v) is 9.53. The smallest absolute Gasteiger partial charge is 0.238 e. The molecule has 0 aliphatic carbocycles. The molecule has 0 saturated carbocycles. The highest BCUT2D eigenvalue weighted by molar-refractivity contribution is 5.36. The third kappa shape index (κ3) is 4.37. The quantitative estimate of drug-likeness (QED) is 0.462. The van der Waals surface area contributed by atoms with Crippen LogP contribution in [-0.4, -0.2) is 67.9 Å². The normalized spacial score (nSPS) is 27.7. The number of hydrogen-bond acceptors (Lipinski definition) is 7. The van der Waals surface area contributed by atoms with Gasteiger partial charge >= 0.3 is 0 Å². The number of aliphatic hydroxyl groups is 4. The Bertz CT molecular complexity index is 761. The van der Waals surface area contributed by atoms with Crippen LogP contribution in [0.5, 0.6) is 5.88 Å². The fourth-order valence-electron chi connectivity index (χ4n) is 3.33. The van der Waals surface area contributed by atoms with Gasteiger partial charge in [-0.05, 0) is 24.5 Å². The Labute approximate surface area is 163 Å². The largest absolute Gasteiger partial charge is 0.443 e. The van der Waals surface area contributed by atoms with Crippen LogP contribution in [0.2, 0.25) is 0 Å². The van der Waals surface area contributed by atoms with Gasteiger partial charge in [-0.3, -0.25) is 5.10 Å². The fourth-order valence-corrected chi connectivity index (χ4v) is 3.33. The van der Waals surface area contributed by atoms with Gasteiger partial charge in [0.25, 0.3) is 0 Å². The van der Waals surface area contributed by atoms with Crippen LogP contribution < -0.4 is 4.74 Å². The molecule has 8 nitrogen and oxygen atoms in total. The molecule has 5 N–H and O–H groups in total. The molecule has 1 aliphatic heterocycles. The highest BCUT2D eigenvalue weighted by Gasteiger charge is 2.45. The van der Waals surface area contributed by atoms with Crippen molar-refractivity contribution in [2.45, 2.75) is 63.8 Å². The summed E-state index contributed by atoms with van der Waals surface area (Å²) in [4.78, 5) is 0. The van der Waals surface area contributed by atoms with Crippen molar-refractivity contribution < 1.29 is 29.9 Å². The Morgan fingerprint density at radius 3 is 2.39 bits per heavy atom. The van der Waals surface area contributed by atoms with E-state index in [-0.39, 0.29) is 5.88 Å². The van der Waals surface area contributed by atoms with Crippen LogP contribution in [0, 0.1) is 6.92 Å². The summed E-state index contributed by atoms with van der Waals surface area (Å²) in [5.74, 6) is 0.250. The number of aromatic amines is 1. The first-order chi connectivity index (χ1) is 13.4. The molecule has 154 valence electrons. The minimum Gasteiger partial charge on any atom is -0.443 e. The average molecular weight is 392 g/mol. The van der Waals surface area contributed by atoms with E-state index in [2.05, 4.69) is 41.4 Å². The molecule has 0 bridgehead atoms. The second-order valence-electron chi connectivity index (χ2n) is 7.19. The standard InChI is InChI=1S/C20H28N2O6/c1-3-4-12-5-7-13(8-6-12)9-14-11(2)21-22-19(14)28-20-18(26)17(25)16(24)15(10-23)27-20/h5-8,15-18,20,23-26H,3-4,9-10H2,1-2H3,(H,21,22)/t15-,16-,17+,18-,20?/m1/s1. The molecular weight excluding hydrogens is 364 g/mol. The van der Waals surface area contributed by atoms with Gasteiger partial charge in [-0.15, -0.1) is 5.10 Å². The second-order valence-corrected chi connectivity index (χ2v) is 7.19. The second kappa shape index (κ2) is 9.02. The van der Waals surface area contributed by atoms with Crippen LogP contribution in [0.25, 0.3) is 0 Å². The predicted molar refractivity (Wildman–Crippen MR) is 101 cm³/mol. The molecule has 1 aliphatic rings. The first kappa shape index (κ1) is 20.8. The van der Waals surface area contributed by atoms with Crippen LogP contribution in [0.3, 0.4) is 0 Å². The molecule has 2 aromatic rings. The number of aromatic nitrogens is 2. The Hall–Kier alpha value is -1.97. The number of aryl methyl sites for hydroxylation is 2. The predicted octanol–water partition coefficient (Wildman–Crippen LogP) is 0.440. The molecule has 0 amide bonds. The Balaban J connectivity index is 1.75. The maximum atomic E-state index is 10.2. The monoisotopic (exact) mass is 392 g/mol. The van der Waals surface area contributed by atoms with E-state index in [1.165, 1.54) is 5.56 Å². The highest BCUT2D eigenvalue weighted by atomic mass is 16.7. The lowest BCUT2D eigenvalue weighted by Gasteiger charge is -2.39. The van der Waals surface area contributed by atoms with E-state index in [0.717, 1.165) is 29.7 Å². The molecule has 5 atom stereocenters. The maximum Gasteiger partial charge on any atom is 0.238 e. The van der Waals surface area contributed by atoms with Crippen LogP contribution in [0.4, 0.5) is 0 Å². The van der Waals surface area contributed by atoms with Crippen LogP contribution in [0.15, 0.2) is 24.3 Å². The van der Waals surface area contributed by atoms with E-state index in [4.69, 9.17) is 9.47 Å². The Morgan fingerprint density at radius 2 is 1.75 bits per heavy atom. The molecule has 1 aromatic carbocycles. The van der Waals surface area contributed by atoms with Crippen LogP contribution in [0.1, 0.15) is 35.7 Å². The fraction of sp³-hybridized carbons (Fsp3) is 0.550.